The van der Waals surface area contributed by atoms with Gasteiger partial charge < -0.3 is 5.73 Å². The third-order valence-corrected chi connectivity index (χ3v) is 2.19. The number of amides is 1. The summed E-state index contributed by atoms with van der Waals surface area (Å²) in [4.78, 5) is 22.0. The van der Waals surface area contributed by atoms with Crippen molar-refractivity contribution in [2.45, 2.75) is 39.5 Å². The van der Waals surface area contributed by atoms with Crippen molar-refractivity contribution in [1.82, 2.24) is 0 Å². The smallest absolute Gasteiger partial charge is 0.227 e. The molecule has 0 spiro atoms. The Labute approximate surface area is 85.4 Å². The molecule has 0 bridgehead atoms. The molecule has 14 heavy (non-hydrogen) atoms. The van der Waals surface area contributed by atoms with Crippen LogP contribution in [0, 0.1) is 5.92 Å². The molecule has 3 nitrogen and oxygen atoms in total. The average Bonchev–Trinajstić information content (AvgIpc) is 2.16. The maximum absolute atomic E-state index is 11.3. The highest BCUT2D eigenvalue weighted by molar-refractivity contribution is 6.00. The fourth-order valence-corrected chi connectivity index (χ4v) is 1.10. The summed E-state index contributed by atoms with van der Waals surface area (Å²) >= 11 is 0. The van der Waals surface area contributed by atoms with Gasteiger partial charge in [-0.3, -0.25) is 9.59 Å². The summed E-state index contributed by atoms with van der Waals surface area (Å²) in [7, 11) is 0. The highest BCUT2D eigenvalue weighted by Gasteiger charge is 2.17. The van der Waals surface area contributed by atoms with Gasteiger partial charge in [-0.1, -0.05) is 12.2 Å². The van der Waals surface area contributed by atoms with E-state index in [9.17, 15) is 9.59 Å². The van der Waals surface area contributed by atoms with Crippen LogP contribution < -0.4 is 5.73 Å². The highest BCUT2D eigenvalue weighted by atomic mass is 16.2. The van der Waals surface area contributed by atoms with Crippen molar-refractivity contribution in [1.29, 1.82) is 0 Å². The number of unbranched alkanes of at least 4 members (excludes halogenated alkanes) is 2. The van der Waals surface area contributed by atoms with Gasteiger partial charge in [-0.25, -0.2) is 0 Å². The Morgan fingerprint density at radius 3 is 2.50 bits per heavy atom. The van der Waals surface area contributed by atoms with Crippen LogP contribution >= 0.6 is 0 Å². The van der Waals surface area contributed by atoms with Gasteiger partial charge in [-0.2, -0.15) is 0 Å². The normalized spacial score (nSPS) is 13.0. The minimum absolute atomic E-state index is 0.0435. The van der Waals surface area contributed by atoms with E-state index in [1.54, 1.807) is 6.92 Å². The van der Waals surface area contributed by atoms with Gasteiger partial charge in [-0.05, 0) is 33.1 Å². The number of allylic oxidation sites excluding steroid dienone is 2. The van der Waals surface area contributed by atoms with Gasteiger partial charge in [-0.15, -0.1) is 0 Å². The fourth-order valence-electron chi connectivity index (χ4n) is 1.10. The lowest BCUT2D eigenvalue weighted by Crippen LogP contribution is -2.27. The molecule has 0 unspecified atom stereocenters. The van der Waals surface area contributed by atoms with E-state index < -0.39 is 11.8 Å². The Balaban J connectivity index is 3.59. The molecule has 1 atom stereocenters. The Hall–Kier alpha value is -1.12. The zero-order valence-corrected chi connectivity index (χ0v) is 8.95. The van der Waals surface area contributed by atoms with Gasteiger partial charge in [0.1, 0.15) is 5.78 Å². The van der Waals surface area contributed by atoms with E-state index in [2.05, 4.69) is 6.08 Å². The summed E-state index contributed by atoms with van der Waals surface area (Å²) < 4.78 is 0. The van der Waals surface area contributed by atoms with Crippen LogP contribution in [0.5, 0.6) is 0 Å². The summed E-state index contributed by atoms with van der Waals surface area (Å²) in [6.45, 7) is 3.54. The summed E-state index contributed by atoms with van der Waals surface area (Å²) in [5.41, 5.74) is 5.02. The van der Waals surface area contributed by atoms with Gasteiger partial charge in [0.15, 0.2) is 0 Å². The lowest BCUT2D eigenvalue weighted by molar-refractivity contribution is -0.131. The van der Waals surface area contributed by atoms with Crippen LogP contribution in [0.2, 0.25) is 0 Å². The van der Waals surface area contributed by atoms with E-state index in [1.807, 2.05) is 13.0 Å². The van der Waals surface area contributed by atoms with Crippen LogP contribution in [0.25, 0.3) is 0 Å². The topological polar surface area (TPSA) is 60.2 Å². The molecule has 0 saturated carbocycles. The molecule has 0 saturated heterocycles. The number of Topliss-reactive ketones (excluding diaryl/α,β-unsaturated/α-hetero) is 1. The molecule has 0 aromatic carbocycles. The molecule has 3 heteroatoms. The van der Waals surface area contributed by atoms with E-state index in [1.165, 1.54) is 0 Å². The van der Waals surface area contributed by atoms with Crippen molar-refractivity contribution >= 4 is 11.7 Å². The highest BCUT2D eigenvalue weighted by Crippen LogP contribution is 2.06. The van der Waals surface area contributed by atoms with Crippen LogP contribution in [0.1, 0.15) is 39.5 Å². The molecule has 2 N–H and O–H groups in total. The molecule has 0 aliphatic carbocycles. The minimum atomic E-state index is -0.628. The van der Waals surface area contributed by atoms with Crippen LogP contribution in [0.3, 0.4) is 0 Å². The van der Waals surface area contributed by atoms with Crippen molar-refractivity contribution in [3.63, 3.8) is 0 Å². The van der Waals surface area contributed by atoms with E-state index in [0.717, 1.165) is 19.3 Å². The summed E-state index contributed by atoms with van der Waals surface area (Å²) in [6, 6.07) is 0. The van der Waals surface area contributed by atoms with Crippen molar-refractivity contribution in [3.8, 4) is 0 Å². The maximum Gasteiger partial charge on any atom is 0.227 e. The molecule has 80 valence electrons. The Morgan fingerprint density at radius 1 is 1.36 bits per heavy atom. The second-order valence-electron chi connectivity index (χ2n) is 3.41. The van der Waals surface area contributed by atoms with E-state index in [4.69, 9.17) is 5.73 Å². The molecule has 0 aliphatic heterocycles. The second-order valence-corrected chi connectivity index (χ2v) is 3.41. The summed E-state index contributed by atoms with van der Waals surface area (Å²) in [6.07, 6.45) is 7.34. The lowest BCUT2D eigenvalue weighted by Gasteiger charge is -2.04. The van der Waals surface area contributed by atoms with Crippen LogP contribution in [0.4, 0.5) is 0 Å². The van der Waals surface area contributed by atoms with Crippen LogP contribution in [-0.4, -0.2) is 11.7 Å². The van der Waals surface area contributed by atoms with Crippen molar-refractivity contribution in [3.05, 3.63) is 12.2 Å². The number of hydrogen-bond acceptors (Lipinski definition) is 2. The molecule has 1 amide bonds. The molecule has 0 aliphatic rings. The first-order valence-corrected chi connectivity index (χ1v) is 5.02. The van der Waals surface area contributed by atoms with Crippen molar-refractivity contribution < 1.29 is 9.59 Å². The third-order valence-electron chi connectivity index (χ3n) is 2.19. The quantitative estimate of drug-likeness (QED) is 0.384. The molecule has 0 radical (unpaired) electrons. The molecule has 0 fully saturated rings. The Bertz CT molecular complexity index is 221. The number of carbonyl (C=O) groups excluding carboxylic acids is 2. The monoisotopic (exact) mass is 197 g/mol. The van der Waals surface area contributed by atoms with Crippen molar-refractivity contribution in [2.75, 3.05) is 0 Å². The number of rotatable bonds is 7. The average molecular weight is 197 g/mol. The SMILES string of the molecule is CC=CCCCCC(=O)[C@H](C)C(N)=O. The summed E-state index contributed by atoms with van der Waals surface area (Å²) in [5, 5.41) is 0. The summed E-state index contributed by atoms with van der Waals surface area (Å²) in [5.74, 6) is -1.20. The molecular weight excluding hydrogens is 178 g/mol. The fraction of sp³-hybridized carbons (Fsp3) is 0.636. The lowest BCUT2D eigenvalue weighted by atomic mass is 10.0. The zero-order valence-electron chi connectivity index (χ0n) is 8.95. The largest absolute Gasteiger partial charge is 0.369 e. The number of carbonyl (C=O) groups is 2. The van der Waals surface area contributed by atoms with E-state index in [-0.39, 0.29) is 5.78 Å². The second kappa shape index (κ2) is 7.30. The number of ketones is 1. The van der Waals surface area contributed by atoms with Gasteiger partial charge in [0.05, 0.1) is 5.92 Å². The Morgan fingerprint density at radius 2 is 2.00 bits per heavy atom. The molecule has 0 aromatic heterocycles. The van der Waals surface area contributed by atoms with Crippen LogP contribution in [-0.2, 0) is 9.59 Å². The van der Waals surface area contributed by atoms with E-state index in [0.29, 0.717) is 6.42 Å². The van der Waals surface area contributed by atoms with Gasteiger partial charge in [0.25, 0.3) is 0 Å². The minimum Gasteiger partial charge on any atom is -0.369 e. The first-order valence-electron chi connectivity index (χ1n) is 5.02. The van der Waals surface area contributed by atoms with E-state index >= 15 is 0 Å². The number of primary amides is 1. The predicted molar refractivity (Wildman–Crippen MR) is 56.6 cm³/mol. The molecule has 0 rings (SSSR count). The number of hydrogen-bond donors (Lipinski definition) is 1. The van der Waals surface area contributed by atoms with Crippen molar-refractivity contribution in [2.24, 2.45) is 11.7 Å². The number of nitrogens with two attached hydrogens (primary N) is 1. The molecule has 0 aromatic rings. The molecular formula is C11H19NO2. The standard InChI is InChI=1S/C11H19NO2/c1-3-4-5-6-7-8-10(13)9(2)11(12)14/h3-4,9H,5-8H2,1-2H3,(H2,12,14)/t9-/m0/s1. The first-order chi connectivity index (χ1) is 6.59. The molecule has 0 heterocycles. The maximum atomic E-state index is 11.3. The predicted octanol–water partition coefficient (Wildman–Crippen LogP) is 1.81. The first kappa shape index (κ1) is 12.9. The van der Waals surface area contributed by atoms with Gasteiger partial charge in [0, 0.05) is 6.42 Å². The van der Waals surface area contributed by atoms with Crippen LogP contribution in [0.15, 0.2) is 12.2 Å². The Kier molecular flexibility index (Phi) is 6.72. The van der Waals surface area contributed by atoms with Gasteiger partial charge in [0.2, 0.25) is 5.91 Å². The third kappa shape index (κ3) is 5.51. The zero-order chi connectivity index (χ0) is 11.0. The van der Waals surface area contributed by atoms with Gasteiger partial charge >= 0.3 is 0 Å².